The average Bonchev–Trinajstić information content (AvgIpc) is 2.29. The van der Waals surface area contributed by atoms with Gasteiger partial charge in [0, 0.05) is 0 Å². The van der Waals surface area contributed by atoms with E-state index in [1.165, 1.54) is 25.4 Å². The van der Waals surface area contributed by atoms with Crippen LogP contribution in [0.1, 0.15) is 5.56 Å². The maximum Gasteiger partial charge on any atom is 0.240 e. The zero-order chi connectivity index (χ0) is 12.9. The average molecular weight is 272 g/mol. The number of rotatable bonds is 4. The molecule has 8 heteroatoms. The fourth-order valence-electron chi connectivity index (χ4n) is 1.02. The lowest BCUT2D eigenvalue weighted by atomic mass is 10.2. The Balaban J connectivity index is 2.82. The highest BCUT2D eigenvalue weighted by molar-refractivity contribution is 7.89. The van der Waals surface area contributed by atoms with Crippen molar-refractivity contribution in [3.05, 3.63) is 29.8 Å². The molecular formula is C9H12N4O2S2. The van der Waals surface area contributed by atoms with Crippen LogP contribution in [-0.2, 0) is 10.0 Å². The summed E-state index contributed by atoms with van der Waals surface area (Å²) in [5.74, 6) is 0. The number of hydrogen-bond acceptors (Lipinski definition) is 4. The quantitative estimate of drug-likeness (QED) is 0.399. The van der Waals surface area contributed by atoms with Gasteiger partial charge in [-0.2, -0.15) is 5.10 Å². The Labute approximate surface area is 105 Å². The summed E-state index contributed by atoms with van der Waals surface area (Å²) in [5, 5.41) is 3.81. The highest BCUT2D eigenvalue weighted by Crippen LogP contribution is 2.08. The predicted octanol–water partition coefficient (Wildman–Crippen LogP) is -0.238. The molecule has 1 aromatic carbocycles. The van der Waals surface area contributed by atoms with Gasteiger partial charge in [-0.3, -0.25) is 5.43 Å². The fraction of sp³-hybridized carbons (Fsp3) is 0.111. The van der Waals surface area contributed by atoms with Crippen molar-refractivity contribution in [1.29, 1.82) is 0 Å². The molecule has 0 aromatic heterocycles. The summed E-state index contributed by atoms with van der Waals surface area (Å²) >= 11 is 4.56. The molecule has 17 heavy (non-hydrogen) atoms. The molecule has 92 valence electrons. The van der Waals surface area contributed by atoms with Crippen LogP contribution < -0.4 is 15.9 Å². The number of nitrogens with two attached hydrogens (primary N) is 1. The van der Waals surface area contributed by atoms with Crippen LogP contribution in [0.4, 0.5) is 0 Å². The van der Waals surface area contributed by atoms with Gasteiger partial charge in [0.25, 0.3) is 0 Å². The van der Waals surface area contributed by atoms with Crippen LogP contribution >= 0.6 is 12.2 Å². The summed E-state index contributed by atoms with van der Waals surface area (Å²) in [7, 11) is -2.04. The van der Waals surface area contributed by atoms with Crippen molar-refractivity contribution in [2.24, 2.45) is 10.8 Å². The summed E-state index contributed by atoms with van der Waals surface area (Å²) in [5.41, 5.74) is 8.30. The zero-order valence-electron chi connectivity index (χ0n) is 9.04. The van der Waals surface area contributed by atoms with Gasteiger partial charge in [-0.1, -0.05) is 12.1 Å². The molecule has 0 bridgehead atoms. The lowest BCUT2D eigenvalue weighted by Crippen LogP contribution is -2.24. The molecule has 0 aliphatic rings. The first-order chi connectivity index (χ1) is 7.95. The van der Waals surface area contributed by atoms with Gasteiger partial charge in [0.15, 0.2) is 5.11 Å². The van der Waals surface area contributed by atoms with Gasteiger partial charge >= 0.3 is 0 Å². The number of nitrogens with one attached hydrogen (secondary N) is 2. The SMILES string of the molecule is CNS(=O)(=O)c1ccc(C=NNC(N)=S)cc1. The smallest absolute Gasteiger partial charge is 0.240 e. The molecule has 0 aliphatic carbocycles. The topological polar surface area (TPSA) is 96.6 Å². The van der Waals surface area contributed by atoms with Gasteiger partial charge in [0.1, 0.15) is 0 Å². The van der Waals surface area contributed by atoms with Crippen LogP contribution in [0.5, 0.6) is 0 Å². The molecule has 0 saturated heterocycles. The molecule has 0 saturated carbocycles. The molecule has 0 fully saturated rings. The fourth-order valence-corrected chi connectivity index (χ4v) is 1.80. The molecule has 0 heterocycles. The van der Waals surface area contributed by atoms with Gasteiger partial charge in [-0.25, -0.2) is 13.1 Å². The lowest BCUT2D eigenvalue weighted by molar-refractivity contribution is 0.588. The van der Waals surface area contributed by atoms with Crippen LogP contribution in [0.25, 0.3) is 0 Å². The van der Waals surface area contributed by atoms with Crippen LogP contribution in [0.3, 0.4) is 0 Å². The van der Waals surface area contributed by atoms with E-state index in [0.717, 1.165) is 5.56 Å². The van der Waals surface area contributed by atoms with Crippen molar-refractivity contribution < 1.29 is 8.42 Å². The van der Waals surface area contributed by atoms with Crippen molar-refractivity contribution in [2.75, 3.05) is 7.05 Å². The first-order valence-corrected chi connectivity index (χ1v) is 6.47. The first kappa shape index (κ1) is 13.6. The third-order valence-electron chi connectivity index (χ3n) is 1.85. The third kappa shape index (κ3) is 4.10. The van der Waals surface area contributed by atoms with E-state index in [1.807, 2.05) is 0 Å². The van der Waals surface area contributed by atoms with Crippen molar-refractivity contribution in [2.45, 2.75) is 4.90 Å². The molecule has 0 unspecified atom stereocenters. The summed E-state index contributed by atoms with van der Waals surface area (Å²) < 4.78 is 25.1. The predicted molar refractivity (Wildman–Crippen MR) is 70.2 cm³/mol. The monoisotopic (exact) mass is 272 g/mol. The number of hydrazone groups is 1. The summed E-state index contributed by atoms with van der Waals surface area (Å²) in [4.78, 5) is 0.194. The minimum atomic E-state index is -3.40. The van der Waals surface area contributed by atoms with E-state index in [4.69, 9.17) is 5.73 Å². The largest absolute Gasteiger partial charge is 0.375 e. The Kier molecular flexibility index (Phi) is 4.55. The van der Waals surface area contributed by atoms with Crippen molar-refractivity contribution in [3.8, 4) is 0 Å². The van der Waals surface area contributed by atoms with E-state index >= 15 is 0 Å². The highest BCUT2D eigenvalue weighted by atomic mass is 32.2. The van der Waals surface area contributed by atoms with E-state index in [1.54, 1.807) is 12.1 Å². The lowest BCUT2D eigenvalue weighted by Gasteiger charge is -2.02. The van der Waals surface area contributed by atoms with Crippen LogP contribution in [0.15, 0.2) is 34.3 Å². The molecule has 1 rings (SSSR count). The molecule has 0 aliphatic heterocycles. The molecule has 4 N–H and O–H groups in total. The van der Waals surface area contributed by atoms with E-state index < -0.39 is 10.0 Å². The second-order valence-electron chi connectivity index (χ2n) is 3.01. The Morgan fingerprint density at radius 3 is 2.47 bits per heavy atom. The van der Waals surface area contributed by atoms with Crippen molar-refractivity contribution >= 4 is 33.6 Å². The van der Waals surface area contributed by atoms with Crippen molar-refractivity contribution in [3.63, 3.8) is 0 Å². The number of nitrogens with zero attached hydrogens (tertiary/aromatic N) is 1. The van der Waals surface area contributed by atoms with E-state index in [0.29, 0.717) is 0 Å². The molecule has 1 aromatic rings. The van der Waals surface area contributed by atoms with Gasteiger partial charge in [0.05, 0.1) is 11.1 Å². The van der Waals surface area contributed by atoms with Gasteiger partial charge in [-0.15, -0.1) is 0 Å². The highest BCUT2D eigenvalue weighted by Gasteiger charge is 2.09. The Morgan fingerprint density at radius 1 is 1.41 bits per heavy atom. The third-order valence-corrected chi connectivity index (χ3v) is 3.37. The second-order valence-corrected chi connectivity index (χ2v) is 5.34. The number of benzene rings is 1. The van der Waals surface area contributed by atoms with Crippen molar-refractivity contribution in [1.82, 2.24) is 10.1 Å². The Morgan fingerprint density at radius 2 is 2.00 bits per heavy atom. The van der Waals surface area contributed by atoms with Gasteiger partial charge in [-0.05, 0) is 37.0 Å². The first-order valence-electron chi connectivity index (χ1n) is 4.58. The molecule has 0 spiro atoms. The second kappa shape index (κ2) is 5.71. The maximum atomic E-state index is 11.4. The van der Waals surface area contributed by atoms with Crippen LogP contribution in [0, 0.1) is 0 Å². The van der Waals surface area contributed by atoms with Gasteiger partial charge in [0.2, 0.25) is 10.0 Å². The number of sulfonamides is 1. The van der Waals surface area contributed by atoms with Crippen LogP contribution in [-0.4, -0.2) is 26.8 Å². The standard InChI is InChI=1S/C9H12N4O2S2/c1-11-17(14,15)8-4-2-7(3-5-8)6-12-13-9(10)16/h2-6,11H,1H3,(H3,10,13,16). The molecule has 0 atom stereocenters. The number of hydrogen-bond donors (Lipinski definition) is 3. The van der Waals surface area contributed by atoms with E-state index in [-0.39, 0.29) is 10.0 Å². The minimum absolute atomic E-state index is 0.0654. The van der Waals surface area contributed by atoms with Gasteiger partial charge < -0.3 is 5.73 Å². The summed E-state index contributed by atoms with van der Waals surface area (Å²) in [6, 6.07) is 6.20. The summed E-state index contributed by atoms with van der Waals surface area (Å²) in [6.07, 6.45) is 1.48. The minimum Gasteiger partial charge on any atom is -0.375 e. The maximum absolute atomic E-state index is 11.4. The molecule has 6 nitrogen and oxygen atoms in total. The van der Waals surface area contributed by atoms with E-state index in [2.05, 4.69) is 27.5 Å². The summed E-state index contributed by atoms with van der Waals surface area (Å²) in [6.45, 7) is 0. The molecule has 0 amide bonds. The number of thiocarbonyl (C=S) groups is 1. The van der Waals surface area contributed by atoms with Crippen LogP contribution in [0.2, 0.25) is 0 Å². The molecule has 0 radical (unpaired) electrons. The Hall–Kier alpha value is -1.51. The molecular weight excluding hydrogens is 260 g/mol. The van der Waals surface area contributed by atoms with E-state index in [9.17, 15) is 8.42 Å². The Bertz CT molecular complexity index is 522. The normalized spacial score (nSPS) is 11.6. The zero-order valence-corrected chi connectivity index (χ0v) is 10.7.